The van der Waals surface area contributed by atoms with E-state index in [2.05, 4.69) is 54.2 Å². The topological polar surface area (TPSA) is 13.0 Å². The summed E-state index contributed by atoms with van der Waals surface area (Å²) in [5.41, 5.74) is 0. The van der Waals surface area contributed by atoms with Crippen LogP contribution in [0.3, 0.4) is 0 Å². The highest BCUT2D eigenvalue weighted by Crippen LogP contribution is 2.23. The van der Waals surface area contributed by atoms with Crippen molar-refractivity contribution in [2.75, 3.05) is 78.5 Å². The Morgan fingerprint density at radius 1 is 0.258 bits per heavy atom. The molecule has 0 N–H and O–H groups in total. The summed E-state index contributed by atoms with van der Waals surface area (Å²) < 4.78 is 0. The van der Waals surface area contributed by atoms with Crippen LogP contribution in [0.25, 0.3) is 0 Å². The summed E-state index contributed by atoms with van der Waals surface area (Å²) in [6.45, 7) is 27.5. The molecule has 0 spiro atoms. The molecule has 1 rings (SSSR count). The van der Waals surface area contributed by atoms with Gasteiger partial charge in [-0.15, -0.1) is 0 Å². The molecule has 0 bridgehead atoms. The standard InChI is InChI=1S/C58H120N4/c1-6-11-16-21-26-31-36-43-58(44-37-32-27-22-17-12-7-2)45-51-60(48-40-35-30-25-20-15-10-5)52-55-62-56-53-61(54-57-62)50-42-41-49-59(46-38-33-28-23-18-13-8-3)47-39-34-29-24-19-14-9-4/h58H,6-57H2,1-5H3. The van der Waals surface area contributed by atoms with Crippen LogP contribution in [0.2, 0.25) is 0 Å². The average Bonchev–Trinajstić information content (AvgIpc) is 3.29. The van der Waals surface area contributed by atoms with Gasteiger partial charge in [-0.25, -0.2) is 0 Å². The van der Waals surface area contributed by atoms with Crippen LogP contribution in [0.1, 0.15) is 291 Å². The molecule has 0 aromatic rings. The van der Waals surface area contributed by atoms with E-state index in [9.17, 15) is 0 Å². The summed E-state index contributed by atoms with van der Waals surface area (Å²) in [7, 11) is 0. The van der Waals surface area contributed by atoms with Gasteiger partial charge in [-0.1, -0.05) is 253 Å². The predicted octanol–water partition coefficient (Wildman–Crippen LogP) is 17.5. The van der Waals surface area contributed by atoms with E-state index in [1.165, 1.54) is 335 Å². The van der Waals surface area contributed by atoms with Gasteiger partial charge >= 0.3 is 0 Å². The van der Waals surface area contributed by atoms with Gasteiger partial charge in [0.05, 0.1) is 0 Å². The first-order valence-electron chi connectivity index (χ1n) is 29.6. The molecule has 0 aromatic carbocycles. The summed E-state index contributed by atoms with van der Waals surface area (Å²) in [6.07, 6.45) is 57.5. The van der Waals surface area contributed by atoms with E-state index in [0.717, 1.165) is 5.92 Å². The second-order valence-electron chi connectivity index (χ2n) is 20.9. The van der Waals surface area contributed by atoms with Crippen LogP contribution >= 0.6 is 0 Å². The SMILES string of the molecule is CCCCCCCCCC(CCCCCCCCC)CCN(CCCCCCCCC)CCN1CCN(CCCCN(CCCCCCCCC)CCCCCCCCC)CC1. The van der Waals surface area contributed by atoms with Crippen LogP contribution in [0.5, 0.6) is 0 Å². The smallest absolute Gasteiger partial charge is 0.0110 e. The van der Waals surface area contributed by atoms with Crippen molar-refractivity contribution in [3.63, 3.8) is 0 Å². The van der Waals surface area contributed by atoms with Crippen molar-refractivity contribution in [3.05, 3.63) is 0 Å². The Morgan fingerprint density at radius 2 is 0.532 bits per heavy atom. The second kappa shape index (κ2) is 48.8. The van der Waals surface area contributed by atoms with E-state index in [-0.39, 0.29) is 0 Å². The molecule has 4 nitrogen and oxygen atoms in total. The van der Waals surface area contributed by atoms with E-state index in [1.807, 2.05) is 0 Å². The lowest BCUT2D eigenvalue weighted by molar-refractivity contribution is 0.114. The summed E-state index contributed by atoms with van der Waals surface area (Å²) in [4.78, 5) is 11.4. The number of piperazine rings is 1. The summed E-state index contributed by atoms with van der Waals surface area (Å²) in [6, 6.07) is 0. The lowest BCUT2D eigenvalue weighted by atomic mass is 9.91. The van der Waals surface area contributed by atoms with Crippen LogP contribution in [-0.4, -0.2) is 98.1 Å². The van der Waals surface area contributed by atoms with Crippen molar-refractivity contribution >= 4 is 0 Å². The third-order valence-corrected chi connectivity index (χ3v) is 14.9. The molecule has 372 valence electrons. The van der Waals surface area contributed by atoms with Crippen molar-refractivity contribution in [2.45, 2.75) is 291 Å². The monoisotopic (exact) mass is 873 g/mol. The molecular weight excluding hydrogens is 753 g/mol. The fourth-order valence-corrected chi connectivity index (χ4v) is 10.3. The van der Waals surface area contributed by atoms with E-state index in [0.29, 0.717) is 0 Å². The second-order valence-corrected chi connectivity index (χ2v) is 20.9. The van der Waals surface area contributed by atoms with Gasteiger partial charge in [-0.05, 0) is 83.7 Å². The number of unbranched alkanes of at least 4 members (excludes halogenated alkanes) is 31. The maximum absolute atomic E-state index is 2.94. The Labute approximate surface area is 394 Å². The highest BCUT2D eigenvalue weighted by atomic mass is 15.3. The molecule has 0 aromatic heterocycles. The minimum Gasteiger partial charge on any atom is -0.303 e. The number of hydrogen-bond donors (Lipinski definition) is 0. The Bertz CT molecular complexity index is 790. The maximum Gasteiger partial charge on any atom is 0.0110 e. The molecule has 1 aliphatic heterocycles. The molecular formula is C58H120N4. The predicted molar refractivity (Wildman–Crippen MR) is 282 cm³/mol. The summed E-state index contributed by atoms with van der Waals surface area (Å²) >= 11 is 0. The van der Waals surface area contributed by atoms with E-state index in [4.69, 9.17) is 0 Å². The van der Waals surface area contributed by atoms with Crippen LogP contribution in [-0.2, 0) is 0 Å². The van der Waals surface area contributed by atoms with Crippen molar-refractivity contribution < 1.29 is 0 Å². The molecule has 0 aliphatic carbocycles. The van der Waals surface area contributed by atoms with Crippen molar-refractivity contribution in [1.29, 1.82) is 0 Å². The third kappa shape index (κ3) is 40.1. The summed E-state index contributed by atoms with van der Waals surface area (Å²) in [5.74, 6) is 0.953. The number of hydrogen-bond acceptors (Lipinski definition) is 4. The zero-order valence-corrected chi connectivity index (χ0v) is 44.1. The molecule has 0 saturated carbocycles. The van der Waals surface area contributed by atoms with E-state index in [1.54, 1.807) is 0 Å². The van der Waals surface area contributed by atoms with Crippen LogP contribution in [0.15, 0.2) is 0 Å². The number of nitrogens with zero attached hydrogens (tertiary/aromatic N) is 4. The minimum atomic E-state index is 0.953. The molecule has 0 amide bonds. The fraction of sp³-hybridized carbons (Fsp3) is 1.00. The molecule has 1 heterocycles. The molecule has 1 saturated heterocycles. The Balaban J connectivity index is 2.56. The van der Waals surface area contributed by atoms with Crippen molar-refractivity contribution in [3.8, 4) is 0 Å². The largest absolute Gasteiger partial charge is 0.303 e. The van der Waals surface area contributed by atoms with Crippen LogP contribution in [0.4, 0.5) is 0 Å². The fourth-order valence-electron chi connectivity index (χ4n) is 10.3. The Hall–Kier alpha value is -0.160. The molecule has 62 heavy (non-hydrogen) atoms. The lowest BCUT2D eigenvalue weighted by Crippen LogP contribution is -2.48. The van der Waals surface area contributed by atoms with Gasteiger partial charge in [0.25, 0.3) is 0 Å². The van der Waals surface area contributed by atoms with Gasteiger partial charge < -0.3 is 14.7 Å². The molecule has 4 heteroatoms. The average molecular weight is 874 g/mol. The summed E-state index contributed by atoms with van der Waals surface area (Å²) in [5, 5.41) is 0. The first-order valence-corrected chi connectivity index (χ1v) is 29.6. The first-order chi connectivity index (χ1) is 30.7. The van der Waals surface area contributed by atoms with E-state index >= 15 is 0 Å². The lowest BCUT2D eigenvalue weighted by Gasteiger charge is -2.36. The van der Waals surface area contributed by atoms with Crippen molar-refractivity contribution in [1.82, 2.24) is 19.6 Å². The normalized spacial score (nSPS) is 14.1. The quantitative estimate of drug-likeness (QED) is 0.0565. The van der Waals surface area contributed by atoms with Gasteiger partial charge in [0, 0.05) is 39.3 Å². The zero-order chi connectivity index (χ0) is 44.7. The first kappa shape index (κ1) is 59.9. The van der Waals surface area contributed by atoms with Gasteiger partial charge in [0.1, 0.15) is 0 Å². The maximum atomic E-state index is 2.94. The molecule has 0 atom stereocenters. The molecule has 0 unspecified atom stereocenters. The van der Waals surface area contributed by atoms with Gasteiger partial charge in [-0.2, -0.15) is 0 Å². The highest BCUT2D eigenvalue weighted by Gasteiger charge is 2.19. The zero-order valence-electron chi connectivity index (χ0n) is 44.1. The Morgan fingerprint density at radius 3 is 0.887 bits per heavy atom. The van der Waals surface area contributed by atoms with Crippen LogP contribution < -0.4 is 0 Å². The Kier molecular flexibility index (Phi) is 47.1. The molecule has 0 radical (unpaired) electrons. The van der Waals surface area contributed by atoms with Crippen molar-refractivity contribution in [2.24, 2.45) is 5.92 Å². The van der Waals surface area contributed by atoms with E-state index < -0.39 is 0 Å². The number of rotatable bonds is 51. The van der Waals surface area contributed by atoms with Gasteiger partial charge in [-0.3, -0.25) is 4.90 Å². The molecule has 1 fully saturated rings. The van der Waals surface area contributed by atoms with Gasteiger partial charge in [0.2, 0.25) is 0 Å². The van der Waals surface area contributed by atoms with Crippen LogP contribution in [0, 0.1) is 5.92 Å². The third-order valence-electron chi connectivity index (χ3n) is 14.9. The highest BCUT2D eigenvalue weighted by molar-refractivity contribution is 4.75. The molecule has 1 aliphatic rings. The van der Waals surface area contributed by atoms with Gasteiger partial charge in [0.15, 0.2) is 0 Å². The minimum absolute atomic E-state index is 0.953.